The molecule has 1 amide bonds. The number of carbonyl (C=O) groups excluding carboxylic acids is 1. The molecular formula is C24H26N6O2S2. The first-order valence-corrected chi connectivity index (χ1v) is 13.0. The van der Waals surface area contributed by atoms with Crippen molar-refractivity contribution < 1.29 is 9.53 Å². The van der Waals surface area contributed by atoms with Crippen molar-refractivity contribution in [3.63, 3.8) is 0 Å². The van der Waals surface area contributed by atoms with Gasteiger partial charge in [-0.1, -0.05) is 23.9 Å². The number of fused-ring (bicyclic) bond motifs is 1. The van der Waals surface area contributed by atoms with Crippen LogP contribution in [0.2, 0.25) is 0 Å². The van der Waals surface area contributed by atoms with Crippen LogP contribution in [0.15, 0.2) is 60.0 Å². The molecule has 0 N–H and O–H groups in total. The molecule has 1 saturated heterocycles. The Bertz CT molecular complexity index is 1230. The number of benzene rings is 2. The van der Waals surface area contributed by atoms with Crippen molar-refractivity contribution in [3.8, 4) is 11.4 Å². The van der Waals surface area contributed by atoms with E-state index in [2.05, 4.69) is 40.2 Å². The summed E-state index contributed by atoms with van der Waals surface area (Å²) >= 11 is 3.17. The van der Waals surface area contributed by atoms with Gasteiger partial charge in [-0.2, -0.15) is 0 Å². The highest BCUT2D eigenvalue weighted by atomic mass is 32.2. The molecule has 4 aromatic rings. The number of amides is 1. The lowest BCUT2D eigenvalue weighted by Crippen LogP contribution is -2.49. The van der Waals surface area contributed by atoms with Gasteiger partial charge in [-0.15, -0.1) is 21.5 Å². The fourth-order valence-electron chi connectivity index (χ4n) is 4.04. The van der Waals surface area contributed by atoms with E-state index in [1.165, 1.54) is 16.5 Å². The normalized spacial score (nSPS) is 15.5. The summed E-state index contributed by atoms with van der Waals surface area (Å²) in [6, 6.07) is 16.2. The Morgan fingerprint density at radius 1 is 1.12 bits per heavy atom. The van der Waals surface area contributed by atoms with Crippen molar-refractivity contribution >= 4 is 39.2 Å². The number of piperazine rings is 1. The minimum Gasteiger partial charge on any atom is -0.497 e. The van der Waals surface area contributed by atoms with Crippen LogP contribution in [0.5, 0.6) is 5.75 Å². The molecule has 1 atom stereocenters. The first-order valence-electron chi connectivity index (χ1n) is 11.2. The Kier molecular flexibility index (Phi) is 6.80. The zero-order valence-corrected chi connectivity index (χ0v) is 20.8. The average molecular weight is 495 g/mol. The molecular weight excluding hydrogens is 468 g/mol. The number of hydrogen-bond acceptors (Lipinski definition) is 8. The van der Waals surface area contributed by atoms with E-state index in [1.54, 1.807) is 24.8 Å². The van der Waals surface area contributed by atoms with Crippen molar-refractivity contribution in [2.45, 2.75) is 18.1 Å². The van der Waals surface area contributed by atoms with E-state index in [9.17, 15) is 4.79 Å². The summed E-state index contributed by atoms with van der Waals surface area (Å²) in [7, 11) is 1.64. The van der Waals surface area contributed by atoms with Gasteiger partial charge in [0.15, 0.2) is 5.16 Å². The number of rotatable bonds is 7. The minimum absolute atomic E-state index is 0.126. The molecule has 0 bridgehead atoms. The smallest absolute Gasteiger partial charge is 0.233 e. The van der Waals surface area contributed by atoms with E-state index in [-0.39, 0.29) is 11.9 Å². The van der Waals surface area contributed by atoms with Gasteiger partial charge >= 0.3 is 0 Å². The number of ether oxygens (including phenoxy) is 1. The first-order chi connectivity index (χ1) is 16.6. The Labute approximate surface area is 206 Å². The largest absolute Gasteiger partial charge is 0.497 e. The second kappa shape index (κ2) is 10.1. The molecule has 3 heterocycles. The van der Waals surface area contributed by atoms with Gasteiger partial charge in [0.1, 0.15) is 17.1 Å². The molecule has 10 heteroatoms. The second-order valence-corrected chi connectivity index (χ2v) is 10.1. The highest BCUT2D eigenvalue weighted by Gasteiger charge is 2.26. The van der Waals surface area contributed by atoms with E-state index < -0.39 is 0 Å². The summed E-state index contributed by atoms with van der Waals surface area (Å²) in [5, 5.41) is 10.1. The highest BCUT2D eigenvalue weighted by molar-refractivity contribution is 7.99. The first kappa shape index (κ1) is 22.8. The molecule has 1 aliphatic rings. The molecule has 2 aromatic carbocycles. The van der Waals surface area contributed by atoms with E-state index in [4.69, 9.17) is 9.72 Å². The number of nitrogens with zero attached hydrogens (tertiary/aromatic N) is 6. The van der Waals surface area contributed by atoms with Crippen LogP contribution >= 0.6 is 23.1 Å². The lowest BCUT2D eigenvalue weighted by molar-refractivity contribution is -0.130. The third kappa shape index (κ3) is 4.79. The van der Waals surface area contributed by atoms with Crippen molar-refractivity contribution in [2.24, 2.45) is 0 Å². The van der Waals surface area contributed by atoms with Crippen LogP contribution in [-0.4, -0.2) is 74.5 Å². The lowest BCUT2D eigenvalue weighted by Gasteiger charge is -2.37. The molecule has 0 radical (unpaired) electrons. The van der Waals surface area contributed by atoms with Crippen LogP contribution in [0.3, 0.4) is 0 Å². The van der Waals surface area contributed by atoms with Crippen molar-refractivity contribution in [3.05, 3.63) is 59.9 Å². The Morgan fingerprint density at radius 2 is 1.88 bits per heavy atom. The van der Waals surface area contributed by atoms with E-state index in [1.807, 2.05) is 39.8 Å². The third-order valence-corrected chi connectivity index (χ3v) is 8.21. The summed E-state index contributed by atoms with van der Waals surface area (Å²) < 4.78 is 8.33. The average Bonchev–Trinajstić information content (AvgIpc) is 3.54. The minimum atomic E-state index is 0.126. The van der Waals surface area contributed by atoms with Crippen molar-refractivity contribution in [2.75, 3.05) is 39.0 Å². The maximum atomic E-state index is 12.9. The van der Waals surface area contributed by atoms with Gasteiger partial charge < -0.3 is 9.64 Å². The number of aromatic nitrogens is 4. The number of thiazole rings is 1. The zero-order valence-electron chi connectivity index (χ0n) is 19.1. The highest BCUT2D eigenvalue weighted by Crippen LogP contribution is 2.30. The summed E-state index contributed by atoms with van der Waals surface area (Å²) in [6.07, 6.45) is 1.66. The van der Waals surface area contributed by atoms with Crippen LogP contribution in [0.4, 0.5) is 0 Å². The summed E-state index contributed by atoms with van der Waals surface area (Å²) in [6.45, 7) is 5.34. The number of methoxy groups -OCH3 is 1. The fraction of sp³-hybridized carbons (Fsp3) is 0.333. The number of para-hydroxylation sites is 1. The van der Waals surface area contributed by atoms with Gasteiger partial charge in [-0.3, -0.25) is 14.3 Å². The molecule has 34 heavy (non-hydrogen) atoms. The van der Waals surface area contributed by atoms with Gasteiger partial charge in [-0.25, -0.2) is 4.98 Å². The summed E-state index contributed by atoms with van der Waals surface area (Å²) in [5.41, 5.74) is 1.99. The van der Waals surface area contributed by atoms with Gasteiger partial charge in [-0.05, 0) is 43.3 Å². The van der Waals surface area contributed by atoms with Crippen molar-refractivity contribution in [1.29, 1.82) is 0 Å². The molecule has 2 aromatic heterocycles. The predicted octanol–water partition coefficient (Wildman–Crippen LogP) is 3.88. The van der Waals surface area contributed by atoms with E-state index >= 15 is 0 Å². The second-order valence-electron chi connectivity index (χ2n) is 8.08. The topological polar surface area (TPSA) is 76.4 Å². The maximum absolute atomic E-state index is 12.9. The molecule has 5 rings (SSSR count). The molecule has 0 aliphatic carbocycles. The zero-order chi connectivity index (χ0) is 23.5. The molecule has 176 valence electrons. The predicted molar refractivity (Wildman–Crippen MR) is 135 cm³/mol. The van der Waals surface area contributed by atoms with Gasteiger partial charge in [0, 0.05) is 31.9 Å². The number of carbonyl (C=O) groups is 1. The number of hydrogen-bond donors (Lipinski definition) is 0. The molecule has 0 spiro atoms. The fourth-order valence-corrected chi connectivity index (χ4v) is 5.93. The summed E-state index contributed by atoms with van der Waals surface area (Å²) in [4.78, 5) is 22.1. The van der Waals surface area contributed by atoms with Gasteiger partial charge in [0.25, 0.3) is 0 Å². The summed E-state index contributed by atoms with van der Waals surface area (Å²) in [5.74, 6) is 1.25. The monoisotopic (exact) mass is 494 g/mol. The quantitative estimate of drug-likeness (QED) is 0.361. The van der Waals surface area contributed by atoms with E-state index in [0.29, 0.717) is 10.9 Å². The van der Waals surface area contributed by atoms with Gasteiger partial charge in [0.2, 0.25) is 5.91 Å². The SMILES string of the molecule is COc1ccc(-n2cnnc2SCC(=O)N2CCN([C@@H](C)c3nc4ccccc4s3)CC2)cc1. The Hall–Kier alpha value is -2.95. The molecule has 0 saturated carbocycles. The third-order valence-electron chi connectivity index (χ3n) is 6.07. The Balaban J connectivity index is 1.15. The molecule has 8 nitrogen and oxygen atoms in total. The van der Waals surface area contributed by atoms with Crippen LogP contribution in [0.25, 0.3) is 15.9 Å². The molecule has 1 aliphatic heterocycles. The maximum Gasteiger partial charge on any atom is 0.233 e. The number of thioether (sulfide) groups is 1. The van der Waals surface area contributed by atoms with Gasteiger partial charge in [0.05, 0.1) is 29.1 Å². The molecule has 0 unspecified atom stereocenters. The Morgan fingerprint density at radius 3 is 2.62 bits per heavy atom. The van der Waals surface area contributed by atoms with Crippen LogP contribution < -0.4 is 4.74 Å². The lowest BCUT2D eigenvalue weighted by atomic mass is 10.2. The van der Waals surface area contributed by atoms with Crippen LogP contribution in [-0.2, 0) is 4.79 Å². The van der Waals surface area contributed by atoms with Crippen molar-refractivity contribution in [1.82, 2.24) is 29.5 Å². The standard InChI is InChI=1S/C24H26N6O2S2/c1-17(23-26-20-5-3-4-6-21(20)34-23)28-11-13-29(14-12-28)22(31)15-33-24-27-25-16-30(24)18-7-9-19(32-2)10-8-18/h3-10,16-17H,11-15H2,1-2H3/t17-/m0/s1. The van der Waals surface area contributed by atoms with Crippen LogP contribution in [0.1, 0.15) is 18.0 Å². The van der Waals surface area contributed by atoms with E-state index in [0.717, 1.165) is 48.1 Å². The van der Waals surface area contributed by atoms with Crippen LogP contribution in [0, 0.1) is 0 Å². The molecule has 1 fully saturated rings.